The molecule has 0 fully saturated rings. The number of aryl methyl sites for hydroxylation is 2. The molecular weight excluding hydrogens is 396 g/mol. The fourth-order valence-corrected chi connectivity index (χ4v) is 5.01. The van der Waals surface area contributed by atoms with Crippen molar-refractivity contribution in [3.05, 3.63) is 65.2 Å². The van der Waals surface area contributed by atoms with Crippen LogP contribution < -0.4 is 9.62 Å². The minimum atomic E-state index is -3.88. The molecule has 3 rings (SSSR count). The zero-order chi connectivity index (χ0) is 20.3. The Morgan fingerprint density at radius 3 is 2.14 bits per heavy atom. The van der Waals surface area contributed by atoms with E-state index in [1.54, 1.807) is 31.2 Å². The summed E-state index contributed by atoms with van der Waals surface area (Å²) in [6, 6.07) is 14.2. The normalized spacial score (nSPS) is 11.2. The number of benzene rings is 2. The van der Waals surface area contributed by atoms with E-state index < -0.39 is 10.0 Å². The molecule has 9 heteroatoms. The zero-order valence-corrected chi connectivity index (χ0v) is 17.3. The third-order valence-electron chi connectivity index (χ3n) is 4.06. The highest BCUT2D eigenvalue weighted by molar-refractivity contribution is 7.94. The van der Waals surface area contributed by atoms with Crippen LogP contribution in [-0.2, 0) is 10.0 Å². The first kappa shape index (κ1) is 20.0. The Labute approximate surface area is 168 Å². The number of anilines is 2. The Balaban J connectivity index is 1.82. The van der Waals surface area contributed by atoms with E-state index in [1.807, 2.05) is 38.1 Å². The van der Waals surface area contributed by atoms with Gasteiger partial charge in [-0.15, -0.1) is 10.2 Å². The number of amides is 1. The van der Waals surface area contributed by atoms with E-state index in [1.165, 1.54) is 4.31 Å². The average Bonchev–Trinajstić information content (AvgIpc) is 3.13. The van der Waals surface area contributed by atoms with E-state index in [2.05, 4.69) is 15.5 Å². The number of nitrogens with one attached hydrogen (secondary N) is 1. The Bertz CT molecular complexity index is 1080. The molecule has 0 unspecified atom stereocenters. The highest BCUT2D eigenvalue weighted by Crippen LogP contribution is 2.27. The van der Waals surface area contributed by atoms with Crippen LogP contribution in [0.4, 0.5) is 10.8 Å². The van der Waals surface area contributed by atoms with Crippen molar-refractivity contribution in [3.63, 3.8) is 0 Å². The van der Waals surface area contributed by atoms with Crippen LogP contribution in [0, 0.1) is 13.8 Å². The van der Waals surface area contributed by atoms with Crippen LogP contribution in [0.3, 0.4) is 0 Å². The summed E-state index contributed by atoms with van der Waals surface area (Å²) in [6.07, 6.45) is 0. The second kappa shape index (κ2) is 8.07. The summed E-state index contributed by atoms with van der Waals surface area (Å²) in [4.78, 5) is 12.3. The third kappa shape index (κ3) is 4.20. The monoisotopic (exact) mass is 416 g/mol. The first-order valence-corrected chi connectivity index (χ1v) is 10.9. The Hall–Kier alpha value is -2.78. The average molecular weight is 417 g/mol. The summed E-state index contributed by atoms with van der Waals surface area (Å²) in [5.41, 5.74) is 3.08. The first-order chi connectivity index (χ1) is 13.3. The SMILES string of the molecule is CCN(c1ccc(C)cc1)S(=O)(=O)c1nnc(NC(=O)c2ccc(C)cc2)s1. The third-order valence-corrected chi connectivity index (χ3v) is 7.15. The van der Waals surface area contributed by atoms with Gasteiger partial charge >= 0.3 is 0 Å². The van der Waals surface area contributed by atoms with E-state index >= 15 is 0 Å². The minimum absolute atomic E-state index is 0.129. The van der Waals surface area contributed by atoms with Crippen molar-refractivity contribution in [1.82, 2.24) is 10.2 Å². The summed E-state index contributed by atoms with van der Waals surface area (Å²) in [6.45, 7) is 5.86. The van der Waals surface area contributed by atoms with E-state index in [0.717, 1.165) is 22.5 Å². The molecule has 0 aliphatic carbocycles. The molecule has 0 saturated carbocycles. The molecule has 0 spiro atoms. The molecule has 0 aliphatic rings. The number of rotatable bonds is 6. The number of nitrogens with zero attached hydrogens (tertiary/aromatic N) is 3. The molecular formula is C19H20N4O3S2. The molecule has 146 valence electrons. The number of hydrogen-bond donors (Lipinski definition) is 1. The summed E-state index contributed by atoms with van der Waals surface area (Å²) < 4.78 is 27.0. The van der Waals surface area contributed by atoms with Crippen LogP contribution >= 0.6 is 11.3 Å². The molecule has 0 saturated heterocycles. The lowest BCUT2D eigenvalue weighted by molar-refractivity contribution is 0.102. The van der Waals surface area contributed by atoms with Crippen LogP contribution in [-0.4, -0.2) is 31.1 Å². The maximum Gasteiger partial charge on any atom is 0.293 e. The molecule has 0 atom stereocenters. The van der Waals surface area contributed by atoms with Gasteiger partial charge in [0, 0.05) is 12.1 Å². The van der Waals surface area contributed by atoms with Gasteiger partial charge in [0.15, 0.2) is 0 Å². The predicted molar refractivity (Wildman–Crippen MR) is 110 cm³/mol. The summed E-state index contributed by atoms with van der Waals surface area (Å²) >= 11 is 0.824. The van der Waals surface area contributed by atoms with Crippen molar-refractivity contribution in [3.8, 4) is 0 Å². The van der Waals surface area contributed by atoms with Crippen LogP contribution in [0.2, 0.25) is 0 Å². The lowest BCUT2D eigenvalue weighted by atomic mass is 10.1. The van der Waals surface area contributed by atoms with Gasteiger partial charge in [-0.05, 0) is 45.0 Å². The molecule has 0 radical (unpaired) electrons. The molecule has 28 heavy (non-hydrogen) atoms. The number of sulfonamides is 1. The van der Waals surface area contributed by atoms with Crippen LogP contribution in [0.1, 0.15) is 28.4 Å². The van der Waals surface area contributed by atoms with E-state index in [0.29, 0.717) is 11.3 Å². The predicted octanol–water partition coefficient (Wildman–Crippen LogP) is 3.62. The van der Waals surface area contributed by atoms with E-state index in [9.17, 15) is 13.2 Å². The quantitative estimate of drug-likeness (QED) is 0.620. The largest absolute Gasteiger partial charge is 0.296 e. The highest BCUT2D eigenvalue weighted by atomic mass is 32.2. The smallest absolute Gasteiger partial charge is 0.293 e. The van der Waals surface area contributed by atoms with E-state index in [4.69, 9.17) is 0 Å². The minimum Gasteiger partial charge on any atom is -0.296 e. The van der Waals surface area contributed by atoms with Crippen molar-refractivity contribution in [1.29, 1.82) is 0 Å². The van der Waals surface area contributed by atoms with Gasteiger partial charge < -0.3 is 0 Å². The maximum absolute atomic E-state index is 13.0. The standard InChI is InChI=1S/C19H20N4O3S2/c1-4-23(16-11-7-14(3)8-12-16)28(25,26)19-22-21-18(27-19)20-17(24)15-9-5-13(2)6-10-15/h5-12H,4H2,1-3H3,(H,20,21,24). The molecule has 1 amide bonds. The van der Waals surface area contributed by atoms with Crippen molar-refractivity contribution < 1.29 is 13.2 Å². The highest BCUT2D eigenvalue weighted by Gasteiger charge is 2.28. The van der Waals surface area contributed by atoms with Gasteiger partial charge in [-0.2, -0.15) is 8.42 Å². The second-order valence-corrected chi connectivity index (χ2v) is 9.21. The van der Waals surface area contributed by atoms with Gasteiger partial charge in [-0.1, -0.05) is 46.7 Å². The molecule has 1 aromatic heterocycles. The van der Waals surface area contributed by atoms with Crippen LogP contribution in [0.5, 0.6) is 0 Å². The molecule has 2 aromatic carbocycles. The van der Waals surface area contributed by atoms with Gasteiger partial charge in [0.1, 0.15) is 0 Å². The van der Waals surface area contributed by atoms with Gasteiger partial charge in [0.05, 0.1) is 5.69 Å². The lowest BCUT2D eigenvalue weighted by Crippen LogP contribution is -2.30. The molecule has 7 nitrogen and oxygen atoms in total. The fraction of sp³-hybridized carbons (Fsp3) is 0.211. The molecule has 1 N–H and O–H groups in total. The van der Waals surface area contributed by atoms with Gasteiger partial charge in [-0.25, -0.2) is 0 Å². The Kier molecular flexibility index (Phi) is 5.76. The molecule has 3 aromatic rings. The van der Waals surface area contributed by atoms with Crippen LogP contribution in [0.15, 0.2) is 52.9 Å². The molecule has 1 heterocycles. The number of aromatic nitrogens is 2. The van der Waals surface area contributed by atoms with Gasteiger partial charge in [-0.3, -0.25) is 14.4 Å². The fourth-order valence-electron chi connectivity index (χ4n) is 2.54. The van der Waals surface area contributed by atoms with Crippen LogP contribution in [0.25, 0.3) is 0 Å². The van der Waals surface area contributed by atoms with Crippen molar-refractivity contribution in [2.24, 2.45) is 0 Å². The van der Waals surface area contributed by atoms with Crippen molar-refractivity contribution in [2.45, 2.75) is 25.1 Å². The number of carbonyl (C=O) groups excluding carboxylic acids is 1. The number of carbonyl (C=O) groups is 1. The summed E-state index contributed by atoms with van der Waals surface area (Å²) in [7, 11) is -3.88. The topological polar surface area (TPSA) is 92.3 Å². The Morgan fingerprint density at radius 2 is 1.57 bits per heavy atom. The van der Waals surface area contributed by atoms with Crippen molar-refractivity contribution >= 4 is 38.1 Å². The second-order valence-electron chi connectivity index (χ2n) is 6.20. The molecule has 0 aliphatic heterocycles. The van der Waals surface area contributed by atoms with Gasteiger partial charge in [0.2, 0.25) is 5.13 Å². The van der Waals surface area contributed by atoms with Gasteiger partial charge in [0.25, 0.3) is 20.3 Å². The summed E-state index contributed by atoms with van der Waals surface area (Å²) in [5, 5.41) is 10.3. The number of hydrogen-bond acceptors (Lipinski definition) is 6. The van der Waals surface area contributed by atoms with Crippen molar-refractivity contribution in [2.75, 3.05) is 16.2 Å². The zero-order valence-electron chi connectivity index (χ0n) is 15.7. The summed E-state index contributed by atoms with van der Waals surface area (Å²) in [5.74, 6) is -0.369. The van der Waals surface area contributed by atoms with E-state index in [-0.39, 0.29) is 21.9 Å². The molecule has 0 bridgehead atoms. The maximum atomic E-state index is 13.0. The Morgan fingerprint density at radius 1 is 1.00 bits per heavy atom. The first-order valence-electron chi connectivity index (χ1n) is 8.62. The lowest BCUT2D eigenvalue weighted by Gasteiger charge is -2.21.